The zero-order valence-corrected chi connectivity index (χ0v) is 18.7. The molecular formula is C28H38O. The molecule has 0 saturated heterocycles. The van der Waals surface area contributed by atoms with Crippen LogP contribution in [0, 0.1) is 0 Å². The Labute approximate surface area is 178 Å². The predicted molar refractivity (Wildman–Crippen MR) is 126 cm³/mol. The van der Waals surface area contributed by atoms with Crippen molar-refractivity contribution in [1.82, 2.24) is 0 Å². The van der Waals surface area contributed by atoms with Gasteiger partial charge in [-0.05, 0) is 48.8 Å². The normalized spacial score (nSPS) is 14.2. The lowest BCUT2D eigenvalue weighted by atomic mass is 9.92. The third kappa shape index (κ3) is 6.99. The Balaban J connectivity index is 0.000000172. The van der Waals surface area contributed by atoms with Crippen molar-refractivity contribution < 1.29 is 4.79 Å². The summed E-state index contributed by atoms with van der Waals surface area (Å²) < 4.78 is 0. The van der Waals surface area contributed by atoms with Gasteiger partial charge in [0.05, 0.1) is 0 Å². The summed E-state index contributed by atoms with van der Waals surface area (Å²) in [4.78, 5) is 12.0. The van der Waals surface area contributed by atoms with Gasteiger partial charge in [0.25, 0.3) is 0 Å². The maximum absolute atomic E-state index is 12.0. The first kappa shape index (κ1) is 23.1. The van der Waals surface area contributed by atoms with Gasteiger partial charge in [-0.25, -0.2) is 0 Å². The molecule has 0 N–H and O–H groups in total. The molecule has 0 saturated carbocycles. The molecule has 4 rings (SSSR count). The zero-order chi connectivity index (χ0) is 20.9. The van der Waals surface area contributed by atoms with Crippen LogP contribution >= 0.6 is 0 Å². The van der Waals surface area contributed by atoms with Gasteiger partial charge < -0.3 is 0 Å². The maximum Gasteiger partial charge on any atom is 0.189 e. The van der Waals surface area contributed by atoms with Gasteiger partial charge in [-0.15, -0.1) is 0 Å². The van der Waals surface area contributed by atoms with E-state index < -0.39 is 0 Å². The van der Waals surface area contributed by atoms with E-state index in [2.05, 4.69) is 51.1 Å². The Hall–Kier alpha value is -2.15. The third-order valence-electron chi connectivity index (χ3n) is 5.70. The molecule has 2 aromatic rings. The number of carbonyl (C=O) groups excluding carboxylic acids is 1. The number of Topliss-reactive ketones (excluding diaryl/α,β-unsaturated/α-hetero) is 1. The first-order valence-electron chi connectivity index (χ1n) is 11.6. The Bertz CT molecular complexity index is 766. The molecule has 0 unspecified atom stereocenters. The molecule has 2 aliphatic rings. The topological polar surface area (TPSA) is 17.1 Å². The highest BCUT2D eigenvalue weighted by atomic mass is 16.1. The van der Waals surface area contributed by atoms with Gasteiger partial charge in [0.1, 0.15) is 0 Å². The molecule has 2 aromatic carbocycles. The number of benzene rings is 2. The van der Waals surface area contributed by atoms with Crippen LogP contribution in [-0.2, 0) is 6.42 Å². The molecule has 1 nitrogen and oxygen atoms in total. The van der Waals surface area contributed by atoms with E-state index >= 15 is 0 Å². The SMILES string of the molecule is CCCCCCC.CCc1ccccc1.O=C1C2=C(CCCC2)c2ccccc21. The molecule has 0 spiro atoms. The first-order valence-corrected chi connectivity index (χ1v) is 11.6. The van der Waals surface area contributed by atoms with Crippen LogP contribution in [0.2, 0.25) is 0 Å². The summed E-state index contributed by atoms with van der Waals surface area (Å²) >= 11 is 0. The minimum atomic E-state index is 0.287. The van der Waals surface area contributed by atoms with Crippen molar-refractivity contribution in [3.05, 3.63) is 76.9 Å². The number of ketones is 1. The summed E-state index contributed by atoms with van der Waals surface area (Å²) in [6, 6.07) is 18.5. The lowest BCUT2D eigenvalue weighted by Crippen LogP contribution is -2.01. The first-order chi connectivity index (χ1) is 14.2. The molecule has 0 radical (unpaired) electrons. The monoisotopic (exact) mass is 390 g/mol. The van der Waals surface area contributed by atoms with Crippen molar-refractivity contribution in [3.8, 4) is 0 Å². The number of rotatable bonds is 5. The molecule has 2 aliphatic carbocycles. The largest absolute Gasteiger partial charge is 0.289 e. The summed E-state index contributed by atoms with van der Waals surface area (Å²) in [7, 11) is 0. The maximum atomic E-state index is 12.0. The fraction of sp³-hybridized carbons (Fsp3) is 0.464. The van der Waals surface area contributed by atoms with Gasteiger partial charge in [-0.1, -0.05) is 107 Å². The van der Waals surface area contributed by atoms with Crippen LogP contribution in [0.25, 0.3) is 5.57 Å². The Morgan fingerprint density at radius 2 is 1.21 bits per heavy atom. The lowest BCUT2D eigenvalue weighted by molar-refractivity contribution is 0.103. The van der Waals surface area contributed by atoms with E-state index in [-0.39, 0.29) is 5.78 Å². The summed E-state index contributed by atoms with van der Waals surface area (Å²) in [6.45, 7) is 6.65. The van der Waals surface area contributed by atoms with E-state index in [0.717, 1.165) is 30.4 Å². The number of hydrogen-bond donors (Lipinski definition) is 0. The number of fused-ring (bicyclic) bond motifs is 2. The highest BCUT2D eigenvalue weighted by molar-refractivity contribution is 6.20. The third-order valence-corrected chi connectivity index (χ3v) is 5.70. The highest BCUT2D eigenvalue weighted by Gasteiger charge is 2.29. The minimum absolute atomic E-state index is 0.287. The Morgan fingerprint density at radius 1 is 0.655 bits per heavy atom. The molecule has 0 aliphatic heterocycles. The lowest BCUT2D eigenvalue weighted by Gasteiger charge is -2.12. The summed E-state index contributed by atoms with van der Waals surface area (Å²) in [6.07, 6.45) is 12.6. The molecule has 0 heterocycles. The van der Waals surface area contributed by atoms with E-state index in [1.54, 1.807) is 0 Å². The van der Waals surface area contributed by atoms with Crippen LogP contribution in [0.15, 0.2) is 60.2 Å². The highest BCUT2D eigenvalue weighted by Crippen LogP contribution is 2.40. The molecule has 0 bridgehead atoms. The van der Waals surface area contributed by atoms with Gasteiger partial charge in [0.15, 0.2) is 5.78 Å². The predicted octanol–water partition coefficient (Wildman–Crippen LogP) is 8.44. The van der Waals surface area contributed by atoms with Crippen LogP contribution in [0.1, 0.15) is 100 Å². The van der Waals surface area contributed by atoms with Gasteiger partial charge >= 0.3 is 0 Å². The number of hydrogen-bond acceptors (Lipinski definition) is 1. The second-order valence-corrected chi connectivity index (χ2v) is 7.94. The smallest absolute Gasteiger partial charge is 0.189 e. The zero-order valence-electron chi connectivity index (χ0n) is 18.7. The van der Waals surface area contributed by atoms with Gasteiger partial charge in [-0.2, -0.15) is 0 Å². The van der Waals surface area contributed by atoms with Crippen LogP contribution in [0.5, 0.6) is 0 Å². The molecule has 29 heavy (non-hydrogen) atoms. The quantitative estimate of drug-likeness (QED) is 0.468. The number of allylic oxidation sites excluding steroid dienone is 2. The van der Waals surface area contributed by atoms with Crippen LogP contribution in [0.3, 0.4) is 0 Å². The average Bonchev–Trinajstić information content (AvgIpc) is 3.08. The molecular weight excluding hydrogens is 352 g/mol. The van der Waals surface area contributed by atoms with E-state index in [0.29, 0.717) is 0 Å². The van der Waals surface area contributed by atoms with E-state index in [4.69, 9.17) is 0 Å². The molecule has 156 valence electrons. The van der Waals surface area contributed by atoms with E-state index in [1.165, 1.54) is 61.6 Å². The van der Waals surface area contributed by atoms with Crippen molar-refractivity contribution in [2.75, 3.05) is 0 Å². The summed E-state index contributed by atoms with van der Waals surface area (Å²) in [5, 5.41) is 0. The molecule has 0 fully saturated rings. The van der Waals surface area contributed by atoms with Crippen molar-refractivity contribution in [2.45, 2.75) is 85.0 Å². The number of unbranched alkanes of at least 4 members (excludes halogenated alkanes) is 4. The van der Waals surface area contributed by atoms with Crippen molar-refractivity contribution in [2.24, 2.45) is 0 Å². The van der Waals surface area contributed by atoms with Gasteiger partial charge in [-0.3, -0.25) is 4.79 Å². The number of aryl methyl sites for hydroxylation is 1. The van der Waals surface area contributed by atoms with Crippen LogP contribution < -0.4 is 0 Å². The summed E-state index contributed by atoms with van der Waals surface area (Å²) in [5.41, 5.74) is 5.97. The summed E-state index contributed by atoms with van der Waals surface area (Å²) in [5.74, 6) is 0.287. The van der Waals surface area contributed by atoms with Gasteiger partial charge in [0, 0.05) is 11.1 Å². The Morgan fingerprint density at radius 3 is 1.76 bits per heavy atom. The molecule has 0 aromatic heterocycles. The van der Waals surface area contributed by atoms with E-state index in [1.807, 2.05) is 24.3 Å². The fourth-order valence-electron chi connectivity index (χ4n) is 3.95. The average molecular weight is 391 g/mol. The minimum Gasteiger partial charge on any atom is -0.289 e. The second kappa shape index (κ2) is 13.1. The van der Waals surface area contributed by atoms with Crippen LogP contribution in [-0.4, -0.2) is 5.78 Å². The molecule has 0 amide bonds. The standard InChI is InChI=1S/C13H12O.C8H10.C7H16/c14-13-11-7-3-1-5-9(11)10-6-2-4-8-12(10)13;1-2-8-6-4-3-5-7-8;1-3-5-7-6-4-2/h1,3,5,7H,2,4,6,8H2;3-7H,2H2,1H3;3-7H2,1-2H3. The fourth-order valence-corrected chi connectivity index (χ4v) is 3.95. The van der Waals surface area contributed by atoms with E-state index in [9.17, 15) is 4.79 Å². The van der Waals surface area contributed by atoms with Crippen LogP contribution in [0.4, 0.5) is 0 Å². The molecule has 0 atom stereocenters. The van der Waals surface area contributed by atoms with Crippen molar-refractivity contribution in [3.63, 3.8) is 0 Å². The van der Waals surface area contributed by atoms with Crippen molar-refractivity contribution in [1.29, 1.82) is 0 Å². The Kier molecular flexibility index (Phi) is 10.5. The molecule has 1 heteroatoms. The van der Waals surface area contributed by atoms with Gasteiger partial charge in [0.2, 0.25) is 0 Å². The van der Waals surface area contributed by atoms with Crippen molar-refractivity contribution >= 4 is 11.4 Å². The number of carbonyl (C=O) groups is 1. The second-order valence-electron chi connectivity index (χ2n) is 7.94.